The molecule has 19 heavy (non-hydrogen) atoms. The first-order valence-electron chi connectivity index (χ1n) is 6.05. The van der Waals surface area contributed by atoms with Gasteiger partial charge in [0.2, 0.25) is 0 Å². The molecule has 0 aliphatic carbocycles. The maximum atomic E-state index is 12.0. The summed E-state index contributed by atoms with van der Waals surface area (Å²) in [5, 5.41) is 1.89. The molecule has 0 radical (unpaired) electrons. The van der Waals surface area contributed by atoms with Crippen molar-refractivity contribution >= 4 is 28.3 Å². The third-order valence-electron chi connectivity index (χ3n) is 2.57. The third-order valence-corrected chi connectivity index (χ3v) is 2.87. The maximum absolute atomic E-state index is 12.0. The van der Waals surface area contributed by atoms with Gasteiger partial charge in [-0.1, -0.05) is 49.7 Å². The molecule has 4 nitrogen and oxygen atoms in total. The molecule has 0 aliphatic heterocycles. The minimum atomic E-state index is -0.319. The SMILES string of the molecule is CC(C)CONC(=O)c1cnc(Cl)c2ccccc12. The fourth-order valence-electron chi connectivity index (χ4n) is 1.67. The van der Waals surface area contributed by atoms with Crippen molar-refractivity contribution in [2.45, 2.75) is 13.8 Å². The summed E-state index contributed by atoms with van der Waals surface area (Å²) in [5.41, 5.74) is 2.87. The Morgan fingerprint density at radius 1 is 1.37 bits per heavy atom. The molecular weight excluding hydrogens is 264 g/mol. The Bertz CT molecular complexity index is 599. The summed E-state index contributed by atoms with van der Waals surface area (Å²) in [6.45, 7) is 4.47. The van der Waals surface area contributed by atoms with Crippen molar-refractivity contribution in [2.75, 3.05) is 6.61 Å². The van der Waals surface area contributed by atoms with Gasteiger partial charge in [-0.15, -0.1) is 0 Å². The van der Waals surface area contributed by atoms with Crippen LogP contribution in [0.2, 0.25) is 5.15 Å². The fraction of sp³-hybridized carbons (Fsp3) is 0.286. The Balaban J connectivity index is 2.25. The maximum Gasteiger partial charge on any atom is 0.277 e. The third kappa shape index (κ3) is 3.22. The largest absolute Gasteiger partial charge is 0.277 e. The first-order valence-corrected chi connectivity index (χ1v) is 6.42. The zero-order chi connectivity index (χ0) is 13.8. The van der Waals surface area contributed by atoms with Crippen LogP contribution in [0.4, 0.5) is 0 Å². The lowest BCUT2D eigenvalue weighted by atomic mass is 10.1. The van der Waals surface area contributed by atoms with Crippen molar-refractivity contribution in [3.8, 4) is 0 Å². The van der Waals surface area contributed by atoms with E-state index in [0.29, 0.717) is 23.2 Å². The van der Waals surface area contributed by atoms with E-state index in [-0.39, 0.29) is 5.91 Å². The molecule has 1 aromatic heterocycles. The molecule has 0 saturated carbocycles. The van der Waals surface area contributed by atoms with Crippen LogP contribution in [0.15, 0.2) is 30.5 Å². The van der Waals surface area contributed by atoms with Crippen LogP contribution in [0.1, 0.15) is 24.2 Å². The van der Waals surface area contributed by atoms with Crippen LogP contribution in [-0.4, -0.2) is 17.5 Å². The average Bonchev–Trinajstić information content (AvgIpc) is 2.39. The number of fused-ring (bicyclic) bond motifs is 1. The van der Waals surface area contributed by atoms with E-state index in [0.717, 1.165) is 10.8 Å². The Kier molecular flexibility index (Phi) is 4.35. The number of benzene rings is 1. The summed E-state index contributed by atoms with van der Waals surface area (Å²) in [6.07, 6.45) is 1.46. The van der Waals surface area contributed by atoms with E-state index in [1.165, 1.54) is 6.20 Å². The van der Waals surface area contributed by atoms with Gasteiger partial charge in [0, 0.05) is 11.6 Å². The van der Waals surface area contributed by atoms with Gasteiger partial charge in [0.15, 0.2) is 0 Å². The lowest BCUT2D eigenvalue weighted by Crippen LogP contribution is -2.25. The summed E-state index contributed by atoms with van der Waals surface area (Å²) in [7, 11) is 0. The van der Waals surface area contributed by atoms with Gasteiger partial charge in [-0.25, -0.2) is 10.5 Å². The number of hydrogen-bond acceptors (Lipinski definition) is 3. The summed E-state index contributed by atoms with van der Waals surface area (Å²) in [4.78, 5) is 21.2. The van der Waals surface area contributed by atoms with Crippen LogP contribution in [0, 0.1) is 5.92 Å². The molecule has 0 aliphatic rings. The number of nitrogens with zero attached hydrogens (tertiary/aromatic N) is 1. The molecule has 0 saturated heterocycles. The average molecular weight is 279 g/mol. The molecule has 1 aromatic carbocycles. The Morgan fingerprint density at radius 3 is 2.74 bits per heavy atom. The quantitative estimate of drug-likeness (QED) is 0.690. The zero-order valence-electron chi connectivity index (χ0n) is 10.8. The van der Waals surface area contributed by atoms with Gasteiger partial charge in [0.05, 0.1) is 12.2 Å². The van der Waals surface area contributed by atoms with Crippen molar-refractivity contribution in [1.29, 1.82) is 0 Å². The molecule has 2 rings (SSSR count). The van der Waals surface area contributed by atoms with Gasteiger partial charge in [0.25, 0.3) is 5.91 Å². The predicted octanol–water partition coefficient (Wildman–Crippen LogP) is 3.21. The highest BCUT2D eigenvalue weighted by molar-refractivity contribution is 6.34. The number of carbonyl (C=O) groups is 1. The number of amides is 1. The minimum absolute atomic E-state index is 0.319. The number of pyridine rings is 1. The normalized spacial score (nSPS) is 10.9. The molecule has 0 fully saturated rings. The molecule has 1 N–H and O–H groups in total. The van der Waals surface area contributed by atoms with E-state index in [1.807, 2.05) is 38.1 Å². The predicted molar refractivity (Wildman–Crippen MR) is 75.0 cm³/mol. The highest BCUT2D eigenvalue weighted by Gasteiger charge is 2.12. The van der Waals surface area contributed by atoms with Gasteiger partial charge in [-0.2, -0.15) is 0 Å². The molecule has 0 atom stereocenters. The van der Waals surface area contributed by atoms with Crippen LogP contribution >= 0.6 is 11.6 Å². The molecule has 2 aromatic rings. The zero-order valence-corrected chi connectivity index (χ0v) is 11.6. The summed E-state index contributed by atoms with van der Waals surface area (Å²) in [5.74, 6) is 0.0291. The first kappa shape index (κ1) is 13.8. The van der Waals surface area contributed by atoms with Crippen molar-refractivity contribution in [1.82, 2.24) is 10.5 Å². The topological polar surface area (TPSA) is 51.2 Å². The van der Waals surface area contributed by atoms with Crippen molar-refractivity contribution < 1.29 is 9.63 Å². The highest BCUT2D eigenvalue weighted by atomic mass is 35.5. The summed E-state index contributed by atoms with van der Waals surface area (Å²) >= 11 is 6.01. The Labute approximate surface area is 116 Å². The van der Waals surface area contributed by atoms with E-state index in [9.17, 15) is 4.79 Å². The summed E-state index contributed by atoms with van der Waals surface area (Å²) in [6, 6.07) is 7.37. The van der Waals surface area contributed by atoms with Gasteiger partial charge in [0.1, 0.15) is 5.15 Å². The number of carbonyl (C=O) groups excluding carboxylic acids is 1. The first-order chi connectivity index (χ1) is 9.09. The molecule has 0 spiro atoms. The van der Waals surface area contributed by atoms with E-state index < -0.39 is 0 Å². The van der Waals surface area contributed by atoms with Gasteiger partial charge in [-0.3, -0.25) is 9.63 Å². The van der Waals surface area contributed by atoms with Crippen molar-refractivity contribution in [2.24, 2.45) is 5.92 Å². The van der Waals surface area contributed by atoms with E-state index in [2.05, 4.69) is 10.5 Å². The highest BCUT2D eigenvalue weighted by Crippen LogP contribution is 2.23. The second-order valence-electron chi connectivity index (χ2n) is 4.64. The lowest BCUT2D eigenvalue weighted by molar-refractivity contribution is 0.0210. The smallest absolute Gasteiger partial charge is 0.273 e. The van der Waals surface area contributed by atoms with Gasteiger partial charge < -0.3 is 0 Å². The molecule has 0 bridgehead atoms. The van der Waals surface area contributed by atoms with E-state index in [1.54, 1.807) is 0 Å². The van der Waals surface area contributed by atoms with Crippen LogP contribution < -0.4 is 5.48 Å². The molecule has 5 heteroatoms. The van der Waals surface area contributed by atoms with Crippen LogP contribution in [-0.2, 0) is 4.84 Å². The molecule has 100 valence electrons. The molecule has 0 unspecified atom stereocenters. The Morgan fingerprint density at radius 2 is 2.05 bits per heavy atom. The standard InChI is InChI=1S/C14H15ClN2O2/c1-9(2)8-19-17-14(18)12-7-16-13(15)11-6-4-3-5-10(11)12/h3-7,9H,8H2,1-2H3,(H,17,18). The van der Waals surface area contributed by atoms with Gasteiger partial charge >= 0.3 is 0 Å². The second kappa shape index (κ2) is 5.99. The monoisotopic (exact) mass is 278 g/mol. The number of hydroxylamine groups is 1. The second-order valence-corrected chi connectivity index (χ2v) is 5.00. The van der Waals surface area contributed by atoms with Crippen molar-refractivity contribution in [3.05, 3.63) is 41.2 Å². The van der Waals surface area contributed by atoms with Crippen LogP contribution in [0.5, 0.6) is 0 Å². The number of aromatic nitrogens is 1. The van der Waals surface area contributed by atoms with Crippen molar-refractivity contribution in [3.63, 3.8) is 0 Å². The number of halogens is 1. The molecule has 1 heterocycles. The van der Waals surface area contributed by atoms with E-state index >= 15 is 0 Å². The van der Waals surface area contributed by atoms with E-state index in [4.69, 9.17) is 16.4 Å². The van der Waals surface area contributed by atoms with Crippen LogP contribution in [0.25, 0.3) is 10.8 Å². The fourth-order valence-corrected chi connectivity index (χ4v) is 1.88. The molecular formula is C14H15ClN2O2. The Hall–Kier alpha value is -1.65. The minimum Gasteiger partial charge on any atom is -0.273 e. The molecule has 1 amide bonds. The lowest BCUT2D eigenvalue weighted by Gasteiger charge is -2.09. The number of hydrogen-bond donors (Lipinski definition) is 1. The van der Waals surface area contributed by atoms with Crippen LogP contribution in [0.3, 0.4) is 0 Å². The number of rotatable bonds is 4. The summed E-state index contributed by atoms with van der Waals surface area (Å²) < 4.78 is 0. The van der Waals surface area contributed by atoms with Gasteiger partial charge in [-0.05, 0) is 11.3 Å². The number of nitrogens with one attached hydrogen (secondary N) is 1.